The zero-order valence-corrected chi connectivity index (χ0v) is 17.0. The predicted octanol–water partition coefficient (Wildman–Crippen LogP) is 1.94. The summed E-state index contributed by atoms with van der Waals surface area (Å²) in [6.45, 7) is 4.00. The van der Waals surface area contributed by atoms with Gasteiger partial charge in [0, 0.05) is 6.04 Å². The zero-order chi connectivity index (χ0) is 20.1. The SMILES string of the molecule is CC1CCC(NS(=O)(=O)CC(=O)NC(C)c2ccc(-n3cncn3)cc2)CC1. The minimum absolute atomic E-state index is 0.0595. The van der Waals surface area contributed by atoms with Crippen molar-refractivity contribution in [3.8, 4) is 5.69 Å². The summed E-state index contributed by atoms with van der Waals surface area (Å²) in [6.07, 6.45) is 6.75. The monoisotopic (exact) mass is 405 g/mol. The molecular weight excluding hydrogens is 378 g/mol. The molecule has 28 heavy (non-hydrogen) atoms. The molecule has 1 amide bonds. The van der Waals surface area contributed by atoms with Crippen LogP contribution in [0.3, 0.4) is 0 Å². The lowest BCUT2D eigenvalue weighted by molar-refractivity contribution is -0.119. The zero-order valence-electron chi connectivity index (χ0n) is 16.2. The minimum atomic E-state index is -3.64. The summed E-state index contributed by atoms with van der Waals surface area (Å²) in [7, 11) is -3.64. The van der Waals surface area contributed by atoms with Crippen LogP contribution in [0.5, 0.6) is 0 Å². The second-order valence-corrected chi connectivity index (χ2v) is 9.31. The Labute approximate surface area is 165 Å². The van der Waals surface area contributed by atoms with E-state index in [9.17, 15) is 13.2 Å². The molecule has 1 aromatic carbocycles. The van der Waals surface area contributed by atoms with E-state index in [1.807, 2.05) is 31.2 Å². The smallest absolute Gasteiger partial charge is 0.237 e. The molecular formula is C19H27N5O3S. The number of hydrogen-bond donors (Lipinski definition) is 2. The first-order valence-electron chi connectivity index (χ1n) is 9.57. The van der Waals surface area contributed by atoms with E-state index in [4.69, 9.17) is 0 Å². The van der Waals surface area contributed by atoms with Crippen molar-refractivity contribution < 1.29 is 13.2 Å². The molecule has 1 fully saturated rings. The van der Waals surface area contributed by atoms with Crippen molar-refractivity contribution in [2.75, 3.05) is 5.75 Å². The molecule has 0 saturated heterocycles. The quantitative estimate of drug-likeness (QED) is 0.732. The largest absolute Gasteiger partial charge is 0.349 e. The number of hydrogen-bond acceptors (Lipinski definition) is 5. The minimum Gasteiger partial charge on any atom is -0.349 e. The van der Waals surface area contributed by atoms with E-state index in [2.05, 4.69) is 27.0 Å². The van der Waals surface area contributed by atoms with Crippen molar-refractivity contribution in [2.45, 2.75) is 51.6 Å². The first-order chi connectivity index (χ1) is 13.3. The third-order valence-electron chi connectivity index (χ3n) is 5.14. The van der Waals surface area contributed by atoms with Crippen LogP contribution in [0.25, 0.3) is 5.69 Å². The number of sulfonamides is 1. The van der Waals surface area contributed by atoms with Gasteiger partial charge >= 0.3 is 0 Å². The number of benzene rings is 1. The molecule has 8 nitrogen and oxygen atoms in total. The number of nitrogens with zero attached hydrogens (tertiary/aromatic N) is 3. The summed E-state index contributed by atoms with van der Waals surface area (Å²) in [4.78, 5) is 16.1. The van der Waals surface area contributed by atoms with Gasteiger partial charge in [0.1, 0.15) is 18.4 Å². The van der Waals surface area contributed by atoms with Gasteiger partial charge in [-0.25, -0.2) is 22.8 Å². The number of amides is 1. The molecule has 1 aliphatic rings. The van der Waals surface area contributed by atoms with Crippen LogP contribution in [-0.2, 0) is 14.8 Å². The maximum Gasteiger partial charge on any atom is 0.237 e. The van der Waals surface area contributed by atoms with E-state index in [-0.39, 0.29) is 12.1 Å². The Hall–Kier alpha value is -2.26. The summed E-state index contributed by atoms with van der Waals surface area (Å²) in [5.41, 5.74) is 1.73. The highest BCUT2D eigenvalue weighted by Gasteiger charge is 2.25. The molecule has 152 valence electrons. The van der Waals surface area contributed by atoms with Crippen molar-refractivity contribution in [3.63, 3.8) is 0 Å². The Kier molecular flexibility index (Phi) is 6.46. The summed E-state index contributed by atoms with van der Waals surface area (Å²) >= 11 is 0. The molecule has 3 rings (SSSR count). The van der Waals surface area contributed by atoms with E-state index in [1.54, 1.807) is 11.0 Å². The molecule has 1 aliphatic carbocycles. The first kappa shape index (κ1) is 20.5. The average Bonchev–Trinajstić information content (AvgIpc) is 3.17. The van der Waals surface area contributed by atoms with Gasteiger partial charge in [0.25, 0.3) is 0 Å². The van der Waals surface area contributed by atoms with Crippen molar-refractivity contribution >= 4 is 15.9 Å². The second-order valence-electron chi connectivity index (χ2n) is 7.55. The van der Waals surface area contributed by atoms with Crippen LogP contribution < -0.4 is 10.0 Å². The molecule has 2 N–H and O–H groups in total. The van der Waals surface area contributed by atoms with Crippen LogP contribution >= 0.6 is 0 Å². The van der Waals surface area contributed by atoms with Gasteiger partial charge in [0.05, 0.1) is 11.7 Å². The van der Waals surface area contributed by atoms with Crippen molar-refractivity contribution in [3.05, 3.63) is 42.5 Å². The molecule has 1 unspecified atom stereocenters. The molecule has 2 aromatic rings. The number of nitrogens with one attached hydrogen (secondary N) is 2. The molecule has 1 saturated carbocycles. The van der Waals surface area contributed by atoms with Gasteiger partial charge in [-0.05, 0) is 56.2 Å². The fraction of sp³-hybridized carbons (Fsp3) is 0.526. The first-order valence-corrected chi connectivity index (χ1v) is 11.2. The summed E-state index contributed by atoms with van der Waals surface area (Å²) in [5, 5.41) is 6.82. The Morgan fingerprint density at radius 1 is 1.21 bits per heavy atom. The molecule has 0 spiro atoms. The lowest BCUT2D eigenvalue weighted by Crippen LogP contribution is -2.42. The summed E-state index contributed by atoms with van der Waals surface area (Å²) in [6, 6.07) is 7.12. The Balaban J connectivity index is 1.52. The van der Waals surface area contributed by atoms with Crippen LogP contribution in [0.15, 0.2) is 36.9 Å². The topological polar surface area (TPSA) is 106 Å². The van der Waals surface area contributed by atoms with Gasteiger partial charge in [-0.3, -0.25) is 4.79 Å². The van der Waals surface area contributed by atoms with E-state index in [1.165, 1.54) is 6.33 Å². The fourth-order valence-corrected chi connectivity index (χ4v) is 4.73. The maximum atomic E-state index is 12.3. The Morgan fingerprint density at radius 3 is 2.50 bits per heavy atom. The molecule has 0 radical (unpaired) electrons. The van der Waals surface area contributed by atoms with E-state index < -0.39 is 21.7 Å². The predicted molar refractivity (Wildman–Crippen MR) is 106 cm³/mol. The van der Waals surface area contributed by atoms with Crippen LogP contribution in [0.2, 0.25) is 0 Å². The van der Waals surface area contributed by atoms with Crippen LogP contribution in [-0.4, -0.2) is 40.9 Å². The van der Waals surface area contributed by atoms with Gasteiger partial charge < -0.3 is 5.32 Å². The van der Waals surface area contributed by atoms with Gasteiger partial charge in [0.15, 0.2) is 0 Å². The Bertz CT molecular complexity index is 873. The number of rotatable bonds is 7. The number of carbonyl (C=O) groups is 1. The number of aromatic nitrogens is 3. The Morgan fingerprint density at radius 2 is 1.89 bits per heavy atom. The van der Waals surface area contributed by atoms with Crippen molar-refractivity contribution in [1.29, 1.82) is 0 Å². The molecule has 0 aliphatic heterocycles. The van der Waals surface area contributed by atoms with Crippen molar-refractivity contribution in [2.24, 2.45) is 5.92 Å². The molecule has 1 heterocycles. The highest BCUT2D eigenvalue weighted by atomic mass is 32.2. The number of carbonyl (C=O) groups excluding carboxylic acids is 1. The highest BCUT2D eigenvalue weighted by molar-refractivity contribution is 7.90. The summed E-state index contributed by atoms with van der Waals surface area (Å²) < 4.78 is 28.9. The van der Waals surface area contributed by atoms with Gasteiger partial charge in [-0.15, -0.1) is 0 Å². The molecule has 9 heteroatoms. The van der Waals surface area contributed by atoms with E-state index in [0.717, 1.165) is 36.9 Å². The summed E-state index contributed by atoms with van der Waals surface area (Å²) in [5.74, 6) is -0.425. The van der Waals surface area contributed by atoms with E-state index >= 15 is 0 Å². The average molecular weight is 406 g/mol. The normalized spacial score (nSPS) is 21.2. The lowest BCUT2D eigenvalue weighted by atomic mass is 9.88. The van der Waals surface area contributed by atoms with Crippen molar-refractivity contribution in [1.82, 2.24) is 24.8 Å². The van der Waals surface area contributed by atoms with Gasteiger partial charge in [-0.1, -0.05) is 19.1 Å². The maximum absolute atomic E-state index is 12.3. The van der Waals surface area contributed by atoms with Crippen LogP contribution in [0.4, 0.5) is 0 Å². The van der Waals surface area contributed by atoms with E-state index in [0.29, 0.717) is 5.92 Å². The molecule has 0 bridgehead atoms. The lowest BCUT2D eigenvalue weighted by Gasteiger charge is -2.26. The van der Waals surface area contributed by atoms with Crippen LogP contribution in [0, 0.1) is 5.92 Å². The second kappa shape index (κ2) is 8.83. The van der Waals surface area contributed by atoms with Gasteiger partial charge in [-0.2, -0.15) is 5.10 Å². The molecule has 1 atom stereocenters. The third kappa shape index (κ3) is 5.62. The molecule has 1 aromatic heterocycles. The van der Waals surface area contributed by atoms with Crippen LogP contribution in [0.1, 0.15) is 51.1 Å². The standard InChI is InChI=1S/C19H27N5O3S/c1-14-3-7-17(8-4-14)23-28(26,27)11-19(25)22-15(2)16-5-9-18(10-6-16)24-13-20-12-21-24/h5-6,9-10,12-15,17,23H,3-4,7-8,11H2,1-2H3,(H,22,25). The van der Waals surface area contributed by atoms with Gasteiger partial charge in [0.2, 0.25) is 15.9 Å². The highest BCUT2D eigenvalue weighted by Crippen LogP contribution is 2.24. The third-order valence-corrected chi connectivity index (χ3v) is 6.47. The fourth-order valence-electron chi connectivity index (χ4n) is 3.47.